The van der Waals surface area contributed by atoms with Crippen LogP contribution in [-0.4, -0.2) is 46.3 Å². The molecule has 0 amide bonds. The van der Waals surface area contributed by atoms with Crippen LogP contribution >= 0.6 is 0 Å². The standard InChI is InChI=1S/C30H31N3O4S/c1-30(2,3)37-29(34)23-13-9-10-21(18-23)19-25-27(26-14-7-8-16-31-26)32-33(24-15-17-38(35,36)20-24)28(25)22-11-5-4-6-12-22/h4-14,16,18,24H,15,17,19-20H2,1-3H3. The lowest BCUT2D eigenvalue weighted by Gasteiger charge is -2.19. The highest BCUT2D eigenvalue weighted by atomic mass is 32.2. The highest BCUT2D eigenvalue weighted by molar-refractivity contribution is 7.91. The molecule has 0 aliphatic carbocycles. The van der Waals surface area contributed by atoms with Crippen LogP contribution in [0.15, 0.2) is 79.0 Å². The molecule has 0 N–H and O–H groups in total. The highest BCUT2D eigenvalue weighted by Gasteiger charge is 2.33. The second-order valence-corrected chi connectivity index (χ2v) is 12.9. The third kappa shape index (κ3) is 5.70. The average Bonchev–Trinajstić information content (AvgIpc) is 3.44. The van der Waals surface area contributed by atoms with Gasteiger partial charge in [-0.3, -0.25) is 9.67 Å². The first kappa shape index (κ1) is 25.9. The van der Waals surface area contributed by atoms with Gasteiger partial charge in [0.15, 0.2) is 9.84 Å². The molecule has 1 unspecified atom stereocenters. The predicted octanol–water partition coefficient (Wildman–Crippen LogP) is 5.52. The van der Waals surface area contributed by atoms with E-state index in [0.29, 0.717) is 29.8 Å². The van der Waals surface area contributed by atoms with Crippen LogP contribution in [0.5, 0.6) is 0 Å². The fourth-order valence-corrected chi connectivity index (χ4v) is 6.52. The second-order valence-electron chi connectivity index (χ2n) is 10.6. The van der Waals surface area contributed by atoms with Gasteiger partial charge < -0.3 is 4.74 Å². The normalized spacial score (nSPS) is 16.9. The third-order valence-electron chi connectivity index (χ3n) is 6.46. The Bertz CT molecular complexity index is 1560. The van der Waals surface area contributed by atoms with E-state index in [2.05, 4.69) is 4.98 Å². The molecule has 1 saturated heterocycles. The van der Waals surface area contributed by atoms with Crippen LogP contribution in [0.25, 0.3) is 22.6 Å². The van der Waals surface area contributed by atoms with E-state index in [1.807, 2.05) is 92.2 Å². The highest BCUT2D eigenvalue weighted by Crippen LogP contribution is 2.37. The van der Waals surface area contributed by atoms with E-state index in [-0.39, 0.29) is 23.5 Å². The SMILES string of the molecule is CC(C)(C)OC(=O)c1cccc(Cc2c(-c3ccccn3)nn(C3CCS(=O)(=O)C3)c2-c2ccccc2)c1. The van der Waals surface area contributed by atoms with Crippen LogP contribution in [-0.2, 0) is 21.0 Å². The first-order valence-corrected chi connectivity index (χ1v) is 14.5. The van der Waals surface area contributed by atoms with Gasteiger partial charge in [-0.15, -0.1) is 0 Å². The number of sulfone groups is 1. The topological polar surface area (TPSA) is 91.2 Å². The van der Waals surface area contributed by atoms with Gasteiger partial charge in [-0.2, -0.15) is 5.10 Å². The number of aromatic nitrogens is 3. The van der Waals surface area contributed by atoms with E-state index < -0.39 is 15.4 Å². The van der Waals surface area contributed by atoms with Crippen LogP contribution in [0.2, 0.25) is 0 Å². The molecule has 8 heteroatoms. The molecular weight excluding hydrogens is 498 g/mol. The number of hydrogen-bond acceptors (Lipinski definition) is 6. The zero-order valence-corrected chi connectivity index (χ0v) is 22.6. The Kier molecular flexibility index (Phi) is 6.92. The zero-order valence-electron chi connectivity index (χ0n) is 21.8. The molecule has 7 nitrogen and oxygen atoms in total. The maximum Gasteiger partial charge on any atom is 0.338 e. The quantitative estimate of drug-likeness (QED) is 0.306. The molecular formula is C30H31N3O4S. The molecule has 0 bridgehead atoms. The van der Waals surface area contributed by atoms with Crippen molar-refractivity contribution < 1.29 is 17.9 Å². The largest absolute Gasteiger partial charge is 0.456 e. The summed E-state index contributed by atoms with van der Waals surface area (Å²) in [5, 5.41) is 5.00. The Labute approximate surface area is 223 Å². The summed E-state index contributed by atoms with van der Waals surface area (Å²) in [5.41, 5.74) is 4.97. The van der Waals surface area contributed by atoms with E-state index >= 15 is 0 Å². The number of rotatable bonds is 6. The van der Waals surface area contributed by atoms with Crippen molar-refractivity contribution in [3.63, 3.8) is 0 Å². The van der Waals surface area contributed by atoms with Crippen molar-refractivity contribution in [2.45, 2.75) is 45.3 Å². The number of ether oxygens (including phenoxy) is 1. The molecule has 38 heavy (non-hydrogen) atoms. The number of nitrogens with zero attached hydrogens (tertiary/aromatic N) is 3. The van der Waals surface area contributed by atoms with Crippen LogP contribution in [0.1, 0.15) is 54.7 Å². The maximum absolute atomic E-state index is 12.8. The van der Waals surface area contributed by atoms with E-state index in [9.17, 15) is 13.2 Å². The van der Waals surface area contributed by atoms with Gasteiger partial charge >= 0.3 is 5.97 Å². The van der Waals surface area contributed by atoms with E-state index in [0.717, 1.165) is 22.4 Å². The van der Waals surface area contributed by atoms with Gasteiger partial charge in [0.05, 0.1) is 34.5 Å². The number of esters is 1. The molecule has 1 atom stereocenters. The molecule has 196 valence electrons. The van der Waals surface area contributed by atoms with Gasteiger partial charge in [0.1, 0.15) is 11.3 Å². The van der Waals surface area contributed by atoms with Gasteiger partial charge in [0.2, 0.25) is 0 Å². The Morgan fingerprint density at radius 2 is 1.79 bits per heavy atom. The molecule has 0 radical (unpaired) electrons. The van der Waals surface area contributed by atoms with Crippen molar-refractivity contribution in [3.8, 4) is 22.6 Å². The Balaban J connectivity index is 1.66. The number of pyridine rings is 1. The number of carbonyl (C=O) groups is 1. The molecule has 1 aliphatic heterocycles. The van der Waals surface area contributed by atoms with Crippen LogP contribution < -0.4 is 0 Å². The summed E-state index contributed by atoms with van der Waals surface area (Å²) in [5.74, 6) is -0.166. The molecule has 5 rings (SSSR count). The van der Waals surface area contributed by atoms with E-state index in [1.165, 1.54) is 0 Å². The number of benzene rings is 2. The van der Waals surface area contributed by atoms with E-state index in [4.69, 9.17) is 9.84 Å². The molecule has 3 heterocycles. The summed E-state index contributed by atoms with van der Waals surface area (Å²) >= 11 is 0. The van der Waals surface area contributed by atoms with Crippen molar-refractivity contribution in [2.75, 3.05) is 11.5 Å². The van der Waals surface area contributed by atoms with Crippen LogP contribution in [0.4, 0.5) is 0 Å². The van der Waals surface area contributed by atoms with Crippen molar-refractivity contribution in [1.29, 1.82) is 0 Å². The minimum atomic E-state index is -3.13. The summed E-state index contributed by atoms with van der Waals surface area (Å²) in [7, 11) is -3.13. The molecule has 2 aromatic heterocycles. The number of carbonyl (C=O) groups excluding carboxylic acids is 1. The van der Waals surface area contributed by atoms with Gasteiger partial charge in [-0.05, 0) is 57.0 Å². The molecule has 0 saturated carbocycles. The van der Waals surface area contributed by atoms with Gasteiger partial charge in [-0.25, -0.2) is 13.2 Å². The molecule has 1 fully saturated rings. The zero-order chi connectivity index (χ0) is 26.9. The molecule has 0 spiro atoms. The van der Waals surface area contributed by atoms with Gasteiger partial charge in [0.25, 0.3) is 0 Å². The molecule has 4 aromatic rings. The lowest BCUT2D eigenvalue weighted by Crippen LogP contribution is -2.23. The summed E-state index contributed by atoms with van der Waals surface area (Å²) in [6.07, 6.45) is 2.72. The fourth-order valence-electron chi connectivity index (χ4n) is 4.83. The Morgan fingerprint density at radius 3 is 2.45 bits per heavy atom. The predicted molar refractivity (Wildman–Crippen MR) is 148 cm³/mol. The minimum Gasteiger partial charge on any atom is -0.456 e. The van der Waals surface area contributed by atoms with Crippen molar-refractivity contribution in [3.05, 3.63) is 95.7 Å². The summed E-state index contributed by atoms with van der Waals surface area (Å²) in [6.45, 7) is 5.53. The lowest BCUT2D eigenvalue weighted by molar-refractivity contribution is 0.00693. The summed E-state index contributed by atoms with van der Waals surface area (Å²) in [6, 6.07) is 22.7. The Morgan fingerprint density at radius 1 is 1.03 bits per heavy atom. The first-order chi connectivity index (χ1) is 18.1. The summed E-state index contributed by atoms with van der Waals surface area (Å²) in [4.78, 5) is 17.3. The van der Waals surface area contributed by atoms with Gasteiger partial charge in [-0.1, -0.05) is 48.5 Å². The second kappa shape index (κ2) is 10.2. The van der Waals surface area contributed by atoms with Crippen molar-refractivity contribution in [1.82, 2.24) is 14.8 Å². The minimum absolute atomic E-state index is 0.0593. The average molecular weight is 530 g/mol. The van der Waals surface area contributed by atoms with Crippen LogP contribution in [0, 0.1) is 0 Å². The fraction of sp³-hybridized carbons (Fsp3) is 0.300. The van der Waals surface area contributed by atoms with Crippen molar-refractivity contribution >= 4 is 15.8 Å². The van der Waals surface area contributed by atoms with E-state index in [1.54, 1.807) is 12.3 Å². The molecule has 1 aliphatic rings. The Hall–Kier alpha value is -3.78. The lowest BCUT2D eigenvalue weighted by atomic mass is 9.96. The monoisotopic (exact) mass is 529 g/mol. The van der Waals surface area contributed by atoms with Gasteiger partial charge in [0, 0.05) is 23.7 Å². The first-order valence-electron chi connectivity index (χ1n) is 12.7. The van der Waals surface area contributed by atoms with Crippen LogP contribution in [0.3, 0.4) is 0 Å². The third-order valence-corrected chi connectivity index (χ3v) is 8.21. The summed E-state index contributed by atoms with van der Waals surface area (Å²) < 4.78 is 32.3. The maximum atomic E-state index is 12.8. The molecule has 2 aromatic carbocycles. The smallest absolute Gasteiger partial charge is 0.338 e. The van der Waals surface area contributed by atoms with Crippen molar-refractivity contribution in [2.24, 2.45) is 0 Å². The number of hydrogen-bond donors (Lipinski definition) is 0.